The van der Waals surface area contributed by atoms with Gasteiger partial charge in [0.05, 0.1) is 6.10 Å². The Kier molecular flexibility index (Phi) is 7.49. The van der Waals surface area contributed by atoms with Crippen molar-refractivity contribution in [2.24, 2.45) is 10.4 Å². The van der Waals surface area contributed by atoms with Crippen molar-refractivity contribution in [1.29, 1.82) is 0 Å². The third-order valence-electron chi connectivity index (χ3n) is 5.65. The van der Waals surface area contributed by atoms with E-state index in [9.17, 15) is 0 Å². The molecular weight excluding hydrogens is 427 g/mol. The van der Waals surface area contributed by atoms with E-state index in [-0.39, 0.29) is 24.0 Å². The Balaban J connectivity index is 0.00000225. The van der Waals surface area contributed by atoms with Gasteiger partial charge in [-0.3, -0.25) is 9.98 Å². The predicted octanol–water partition coefficient (Wildman–Crippen LogP) is 3.06. The molecule has 0 aliphatic heterocycles. The molecule has 3 rings (SSSR count). The molecule has 2 atom stereocenters. The van der Waals surface area contributed by atoms with Gasteiger partial charge in [0.15, 0.2) is 5.96 Å². The van der Waals surface area contributed by atoms with Crippen LogP contribution >= 0.6 is 24.0 Å². The number of hydrogen-bond acceptors (Lipinski definition) is 3. The number of halogens is 1. The van der Waals surface area contributed by atoms with Crippen LogP contribution in [0.3, 0.4) is 0 Å². The second-order valence-corrected chi connectivity index (χ2v) is 7.02. The summed E-state index contributed by atoms with van der Waals surface area (Å²) in [5, 5.41) is 7.06. The molecule has 140 valence electrons. The molecule has 0 bridgehead atoms. The zero-order valence-electron chi connectivity index (χ0n) is 15.5. The molecule has 2 fully saturated rings. The van der Waals surface area contributed by atoms with Gasteiger partial charge in [-0.05, 0) is 51.2 Å². The predicted molar refractivity (Wildman–Crippen MR) is 113 cm³/mol. The standard InChI is InChI=1S/C19H30N4O.HI/c1-4-24-17-12-16(19(17)9-5-10-19)23-18(20-3)21-11-8-15-7-6-14(2)22-13-15;/h6-7,13,16-17H,4-5,8-12H2,1-3H3,(H2,20,21,23);1H. The molecule has 5 nitrogen and oxygen atoms in total. The molecule has 1 spiro atoms. The Morgan fingerprint density at radius 3 is 2.76 bits per heavy atom. The van der Waals surface area contributed by atoms with Crippen molar-refractivity contribution in [3.8, 4) is 0 Å². The zero-order valence-corrected chi connectivity index (χ0v) is 17.9. The number of aryl methyl sites for hydroxylation is 1. The molecule has 0 radical (unpaired) electrons. The first-order chi connectivity index (χ1) is 11.7. The first-order valence-corrected chi connectivity index (χ1v) is 9.18. The van der Waals surface area contributed by atoms with Gasteiger partial charge in [-0.15, -0.1) is 24.0 Å². The molecule has 2 aliphatic carbocycles. The first kappa shape index (κ1) is 20.4. The first-order valence-electron chi connectivity index (χ1n) is 9.18. The molecule has 2 unspecified atom stereocenters. The van der Waals surface area contributed by atoms with E-state index in [2.05, 4.69) is 39.7 Å². The highest BCUT2D eigenvalue weighted by Crippen LogP contribution is 2.57. The number of aliphatic imine (C=N–C) groups is 1. The minimum absolute atomic E-state index is 0. The quantitative estimate of drug-likeness (QED) is 0.391. The van der Waals surface area contributed by atoms with Crippen molar-refractivity contribution >= 4 is 29.9 Å². The van der Waals surface area contributed by atoms with Crippen molar-refractivity contribution < 1.29 is 4.74 Å². The lowest BCUT2D eigenvalue weighted by molar-refractivity contribution is -0.168. The molecule has 1 aromatic rings. The van der Waals surface area contributed by atoms with Gasteiger partial charge in [0.1, 0.15) is 0 Å². The van der Waals surface area contributed by atoms with E-state index in [0.717, 1.165) is 37.6 Å². The Morgan fingerprint density at radius 2 is 2.20 bits per heavy atom. The van der Waals surface area contributed by atoms with Gasteiger partial charge < -0.3 is 15.4 Å². The highest BCUT2D eigenvalue weighted by Gasteiger charge is 2.59. The summed E-state index contributed by atoms with van der Waals surface area (Å²) in [6.07, 6.45) is 8.32. The lowest BCUT2D eigenvalue weighted by Gasteiger charge is -2.61. The molecule has 1 aromatic heterocycles. The molecule has 2 N–H and O–H groups in total. The van der Waals surface area contributed by atoms with E-state index >= 15 is 0 Å². The van der Waals surface area contributed by atoms with Gasteiger partial charge >= 0.3 is 0 Å². The molecule has 25 heavy (non-hydrogen) atoms. The summed E-state index contributed by atoms with van der Waals surface area (Å²) < 4.78 is 5.92. The smallest absolute Gasteiger partial charge is 0.191 e. The molecule has 1 heterocycles. The highest BCUT2D eigenvalue weighted by atomic mass is 127. The fourth-order valence-corrected chi connectivity index (χ4v) is 3.97. The topological polar surface area (TPSA) is 58.5 Å². The van der Waals surface area contributed by atoms with Crippen molar-refractivity contribution in [3.63, 3.8) is 0 Å². The van der Waals surface area contributed by atoms with Crippen LogP contribution in [0.15, 0.2) is 23.3 Å². The molecular formula is C19H31IN4O. The van der Waals surface area contributed by atoms with Gasteiger partial charge in [0.2, 0.25) is 0 Å². The third kappa shape index (κ3) is 4.45. The summed E-state index contributed by atoms with van der Waals surface area (Å²) in [5.41, 5.74) is 2.66. The van der Waals surface area contributed by atoms with Crippen molar-refractivity contribution in [3.05, 3.63) is 29.6 Å². The van der Waals surface area contributed by atoms with E-state index in [1.165, 1.54) is 24.8 Å². The average Bonchev–Trinajstić information content (AvgIpc) is 2.52. The molecule has 6 heteroatoms. The monoisotopic (exact) mass is 458 g/mol. The number of hydrogen-bond donors (Lipinski definition) is 2. The third-order valence-corrected chi connectivity index (χ3v) is 5.65. The highest BCUT2D eigenvalue weighted by molar-refractivity contribution is 14.0. The van der Waals surface area contributed by atoms with Crippen LogP contribution in [0.25, 0.3) is 0 Å². The van der Waals surface area contributed by atoms with Crippen LogP contribution in [0.5, 0.6) is 0 Å². The minimum atomic E-state index is 0. The van der Waals surface area contributed by atoms with Crippen LogP contribution in [0, 0.1) is 12.3 Å². The maximum atomic E-state index is 5.92. The summed E-state index contributed by atoms with van der Waals surface area (Å²) in [5.74, 6) is 0.904. The summed E-state index contributed by atoms with van der Waals surface area (Å²) in [6.45, 7) is 5.78. The van der Waals surface area contributed by atoms with Crippen molar-refractivity contribution in [2.75, 3.05) is 20.2 Å². The number of pyridine rings is 1. The maximum Gasteiger partial charge on any atom is 0.191 e. The van der Waals surface area contributed by atoms with E-state index in [4.69, 9.17) is 4.74 Å². The number of nitrogens with zero attached hydrogens (tertiary/aromatic N) is 2. The van der Waals surface area contributed by atoms with Crippen molar-refractivity contribution in [2.45, 2.75) is 58.1 Å². The van der Waals surface area contributed by atoms with E-state index < -0.39 is 0 Å². The average molecular weight is 458 g/mol. The molecule has 2 saturated carbocycles. The van der Waals surface area contributed by atoms with E-state index in [1.807, 2.05) is 20.2 Å². The van der Waals surface area contributed by atoms with Crippen LogP contribution in [0.1, 0.15) is 43.9 Å². The molecule has 2 aliphatic rings. The number of aromatic nitrogens is 1. The Morgan fingerprint density at radius 1 is 1.40 bits per heavy atom. The van der Waals surface area contributed by atoms with Crippen LogP contribution in [0.2, 0.25) is 0 Å². The van der Waals surface area contributed by atoms with Crippen molar-refractivity contribution in [1.82, 2.24) is 15.6 Å². The summed E-state index contributed by atoms with van der Waals surface area (Å²) in [7, 11) is 1.84. The van der Waals surface area contributed by atoms with Gasteiger partial charge in [-0.2, -0.15) is 0 Å². The van der Waals surface area contributed by atoms with Gasteiger partial charge in [-0.25, -0.2) is 0 Å². The summed E-state index contributed by atoms with van der Waals surface area (Å²) in [4.78, 5) is 8.73. The second-order valence-electron chi connectivity index (χ2n) is 7.02. The summed E-state index contributed by atoms with van der Waals surface area (Å²) >= 11 is 0. The SMILES string of the molecule is CCOC1CC(NC(=NC)NCCc2ccc(C)nc2)C12CCC2.I. The van der Waals surface area contributed by atoms with E-state index in [1.54, 1.807) is 0 Å². The van der Waals surface area contributed by atoms with Gasteiger partial charge in [0.25, 0.3) is 0 Å². The lowest BCUT2D eigenvalue weighted by atomic mass is 9.51. The fraction of sp³-hybridized carbons (Fsp3) is 0.684. The van der Waals surface area contributed by atoms with Crippen LogP contribution < -0.4 is 10.6 Å². The van der Waals surface area contributed by atoms with Crippen LogP contribution in [-0.2, 0) is 11.2 Å². The molecule has 0 saturated heterocycles. The lowest BCUT2D eigenvalue weighted by Crippen LogP contribution is -2.68. The van der Waals surface area contributed by atoms with Crippen LogP contribution in [0.4, 0.5) is 0 Å². The fourth-order valence-electron chi connectivity index (χ4n) is 3.97. The molecule has 0 amide bonds. The van der Waals surface area contributed by atoms with Crippen LogP contribution in [-0.4, -0.2) is 43.3 Å². The normalized spacial score (nSPS) is 24.0. The summed E-state index contributed by atoms with van der Waals surface area (Å²) in [6, 6.07) is 4.70. The zero-order chi connectivity index (χ0) is 17.0. The number of guanidine groups is 1. The number of rotatable bonds is 6. The number of nitrogens with one attached hydrogen (secondary N) is 2. The van der Waals surface area contributed by atoms with E-state index in [0.29, 0.717) is 17.6 Å². The largest absolute Gasteiger partial charge is 0.378 e. The Bertz CT molecular complexity index is 571. The maximum absolute atomic E-state index is 5.92. The number of ether oxygens (including phenoxy) is 1. The second kappa shape index (κ2) is 9.16. The molecule has 0 aromatic carbocycles. The Hall–Kier alpha value is -0.890. The van der Waals surface area contributed by atoms with Gasteiger partial charge in [0, 0.05) is 43.5 Å². The Labute approximate surface area is 168 Å². The minimum Gasteiger partial charge on any atom is -0.378 e. The van der Waals surface area contributed by atoms with Gasteiger partial charge in [-0.1, -0.05) is 12.5 Å².